The first-order valence-electron chi connectivity index (χ1n) is 10.9. The minimum Gasteiger partial charge on any atom is -0.453 e. The summed E-state index contributed by atoms with van der Waals surface area (Å²) in [6.07, 6.45) is 2.08. The summed E-state index contributed by atoms with van der Waals surface area (Å²) in [5.41, 5.74) is 1.71. The van der Waals surface area contributed by atoms with Crippen LogP contribution in [0.4, 0.5) is 4.39 Å². The summed E-state index contributed by atoms with van der Waals surface area (Å²) in [6.45, 7) is -0.354. The van der Waals surface area contributed by atoms with Crippen molar-refractivity contribution in [2.45, 2.75) is 24.9 Å². The Morgan fingerprint density at radius 3 is 2.83 bits per heavy atom. The van der Waals surface area contributed by atoms with Gasteiger partial charge < -0.3 is 10.1 Å². The number of nitrogens with zero attached hydrogens (tertiary/aromatic N) is 4. The first-order valence-corrected chi connectivity index (χ1v) is 11.6. The second kappa shape index (κ2) is 9.53. The van der Waals surface area contributed by atoms with E-state index < -0.39 is 12.1 Å². The zero-order chi connectivity index (χ0) is 24.5. The van der Waals surface area contributed by atoms with E-state index in [2.05, 4.69) is 15.4 Å². The Morgan fingerprint density at radius 1 is 1.26 bits per heavy atom. The zero-order valence-corrected chi connectivity index (χ0v) is 19.7. The van der Waals surface area contributed by atoms with Crippen molar-refractivity contribution >= 4 is 34.8 Å². The van der Waals surface area contributed by atoms with Crippen molar-refractivity contribution in [2.24, 2.45) is 0 Å². The van der Waals surface area contributed by atoms with Gasteiger partial charge in [-0.1, -0.05) is 41.4 Å². The molecule has 0 aliphatic heterocycles. The van der Waals surface area contributed by atoms with Gasteiger partial charge in [0.05, 0.1) is 12.7 Å². The van der Waals surface area contributed by atoms with Crippen LogP contribution in [-0.4, -0.2) is 27.0 Å². The van der Waals surface area contributed by atoms with Crippen molar-refractivity contribution in [3.63, 3.8) is 0 Å². The van der Waals surface area contributed by atoms with E-state index >= 15 is 0 Å². The largest absolute Gasteiger partial charge is 0.453 e. The van der Waals surface area contributed by atoms with Crippen LogP contribution >= 0.6 is 23.2 Å². The van der Waals surface area contributed by atoms with Gasteiger partial charge in [-0.25, -0.2) is 13.9 Å². The molecule has 1 atom stereocenters. The fourth-order valence-electron chi connectivity index (χ4n) is 3.76. The Balaban J connectivity index is 1.44. The zero-order valence-electron chi connectivity index (χ0n) is 18.2. The summed E-state index contributed by atoms with van der Waals surface area (Å²) < 4.78 is 22.1. The molecule has 10 heteroatoms. The molecule has 2 aromatic heterocycles. The average Bonchev–Trinajstić information content (AvgIpc) is 3.61. The summed E-state index contributed by atoms with van der Waals surface area (Å²) >= 11 is 12.0. The molecule has 0 spiro atoms. The standard InChI is InChI=1S/C25H18Cl2FN5O2/c26-16-6-7-19(20(27)9-16)21(28)12-31-25(34)24-22(13-30-23-10-17(11-29)32-33(23)24)35-18-3-1-2-15(8-18)14-4-5-14/h1-3,6-10,13-14,21H,4-5,12H2,(H,31,34). The van der Waals surface area contributed by atoms with Crippen LogP contribution < -0.4 is 10.1 Å². The van der Waals surface area contributed by atoms with E-state index in [4.69, 9.17) is 27.9 Å². The van der Waals surface area contributed by atoms with Gasteiger partial charge >= 0.3 is 0 Å². The van der Waals surface area contributed by atoms with E-state index in [1.165, 1.54) is 35.0 Å². The van der Waals surface area contributed by atoms with Gasteiger partial charge in [-0.15, -0.1) is 0 Å². The molecular formula is C25H18Cl2FN5O2. The van der Waals surface area contributed by atoms with Gasteiger partial charge in [-0.3, -0.25) is 4.79 Å². The van der Waals surface area contributed by atoms with Crippen LogP contribution in [0, 0.1) is 11.3 Å². The summed E-state index contributed by atoms with van der Waals surface area (Å²) in [7, 11) is 0. The van der Waals surface area contributed by atoms with Crippen molar-refractivity contribution < 1.29 is 13.9 Å². The lowest BCUT2D eigenvalue weighted by Gasteiger charge is -2.15. The molecular weight excluding hydrogens is 492 g/mol. The molecule has 2 heterocycles. The Morgan fingerprint density at radius 2 is 2.09 bits per heavy atom. The van der Waals surface area contributed by atoms with Crippen LogP contribution in [-0.2, 0) is 0 Å². The molecule has 176 valence electrons. The number of aromatic nitrogens is 3. The third-order valence-corrected chi connectivity index (χ3v) is 6.22. The molecule has 5 rings (SSSR count). The smallest absolute Gasteiger partial charge is 0.274 e. The van der Waals surface area contributed by atoms with Crippen LogP contribution in [0.15, 0.2) is 54.7 Å². The number of ether oxygens (including phenoxy) is 1. The van der Waals surface area contributed by atoms with Crippen molar-refractivity contribution in [3.8, 4) is 17.6 Å². The Bertz CT molecular complexity index is 1480. The average molecular weight is 510 g/mol. The Kier molecular flexibility index (Phi) is 6.29. The van der Waals surface area contributed by atoms with E-state index in [0.717, 1.165) is 18.4 Å². The highest BCUT2D eigenvalue weighted by Crippen LogP contribution is 2.41. The summed E-state index contributed by atoms with van der Waals surface area (Å²) in [5.74, 6) is 0.530. The number of rotatable bonds is 7. The van der Waals surface area contributed by atoms with Gasteiger partial charge in [-0.2, -0.15) is 10.4 Å². The predicted molar refractivity (Wildman–Crippen MR) is 129 cm³/mol. The molecule has 2 aromatic carbocycles. The number of nitriles is 1. The van der Waals surface area contributed by atoms with Crippen molar-refractivity contribution in [2.75, 3.05) is 6.54 Å². The van der Waals surface area contributed by atoms with Gasteiger partial charge in [0.15, 0.2) is 22.8 Å². The van der Waals surface area contributed by atoms with Crippen molar-refractivity contribution in [3.05, 3.63) is 87.3 Å². The number of nitrogens with one attached hydrogen (secondary N) is 1. The van der Waals surface area contributed by atoms with Crippen molar-refractivity contribution in [1.29, 1.82) is 5.26 Å². The number of fused-ring (bicyclic) bond motifs is 1. The fraction of sp³-hybridized carbons (Fsp3) is 0.200. The van der Waals surface area contributed by atoms with Crippen molar-refractivity contribution in [1.82, 2.24) is 19.9 Å². The molecule has 0 bridgehead atoms. The van der Waals surface area contributed by atoms with Gasteiger partial charge in [0.2, 0.25) is 0 Å². The van der Waals surface area contributed by atoms with E-state index in [-0.39, 0.29) is 39.9 Å². The minimum absolute atomic E-state index is 0.0114. The van der Waals surface area contributed by atoms with E-state index in [1.54, 1.807) is 6.07 Å². The molecule has 0 saturated heterocycles. The maximum Gasteiger partial charge on any atom is 0.274 e. The third kappa shape index (κ3) is 4.92. The van der Waals surface area contributed by atoms with Gasteiger partial charge in [-0.05, 0) is 48.6 Å². The van der Waals surface area contributed by atoms with Crippen LogP contribution in [0.2, 0.25) is 10.0 Å². The second-order valence-corrected chi connectivity index (χ2v) is 9.02. The molecule has 1 aliphatic rings. The number of amides is 1. The maximum atomic E-state index is 14.9. The lowest BCUT2D eigenvalue weighted by atomic mass is 10.1. The second-order valence-electron chi connectivity index (χ2n) is 8.17. The lowest BCUT2D eigenvalue weighted by molar-refractivity contribution is 0.0931. The van der Waals surface area contributed by atoms with Crippen LogP contribution in [0.25, 0.3) is 5.65 Å². The van der Waals surface area contributed by atoms with E-state index in [1.807, 2.05) is 24.3 Å². The van der Waals surface area contributed by atoms with Crippen LogP contribution in [0.3, 0.4) is 0 Å². The highest BCUT2D eigenvalue weighted by molar-refractivity contribution is 6.35. The van der Waals surface area contributed by atoms with Gasteiger partial charge in [0.25, 0.3) is 5.91 Å². The number of halogens is 3. The SMILES string of the molecule is N#Cc1cc2ncc(Oc3cccc(C4CC4)c3)c(C(=O)NCC(F)c3ccc(Cl)cc3Cl)n2n1. The van der Waals surface area contributed by atoms with E-state index in [9.17, 15) is 14.4 Å². The van der Waals surface area contributed by atoms with Gasteiger partial charge in [0, 0.05) is 21.7 Å². The minimum atomic E-state index is -1.58. The lowest BCUT2D eigenvalue weighted by Crippen LogP contribution is -2.29. The summed E-state index contributed by atoms with van der Waals surface area (Å²) in [4.78, 5) is 17.5. The molecule has 1 saturated carbocycles. The normalized spacial score (nSPS) is 13.9. The Labute approximate surface area is 210 Å². The number of benzene rings is 2. The number of alkyl halides is 1. The quantitative estimate of drug-likeness (QED) is 0.328. The molecule has 7 nitrogen and oxygen atoms in total. The molecule has 35 heavy (non-hydrogen) atoms. The molecule has 1 N–H and O–H groups in total. The number of hydrogen-bond donors (Lipinski definition) is 1. The van der Waals surface area contributed by atoms with Crippen LogP contribution in [0.1, 0.15) is 52.2 Å². The van der Waals surface area contributed by atoms with Gasteiger partial charge in [0.1, 0.15) is 18.0 Å². The summed E-state index contributed by atoms with van der Waals surface area (Å²) in [5, 5.41) is 16.5. The first-order chi connectivity index (χ1) is 16.9. The van der Waals surface area contributed by atoms with Crippen LogP contribution in [0.5, 0.6) is 11.5 Å². The molecule has 4 aromatic rings. The number of carbonyl (C=O) groups excluding carboxylic acids is 1. The third-order valence-electron chi connectivity index (χ3n) is 5.66. The number of hydrogen-bond acceptors (Lipinski definition) is 5. The predicted octanol–water partition coefficient (Wildman–Crippen LogP) is 6.02. The molecule has 1 unspecified atom stereocenters. The molecule has 1 fully saturated rings. The Hall–Kier alpha value is -3.67. The highest BCUT2D eigenvalue weighted by Gasteiger charge is 2.25. The maximum absolute atomic E-state index is 14.9. The summed E-state index contributed by atoms with van der Waals surface area (Å²) in [6, 6.07) is 15.4. The fourth-order valence-corrected chi connectivity index (χ4v) is 4.29. The monoisotopic (exact) mass is 509 g/mol. The molecule has 0 radical (unpaired) electrons. The molecule has 1 aliphatic carbocycles. The van der Waals surface area contributed by atoms with E-state index in [0.29, 0.717) is 16.7 Å². The first kappa shape index (κ1) is 23.1. The molecule has 1 amide bonds. The highest BCUT2D eigenvalue weighted by atomic mass is 35.5. The topological polar surface area (TPSA) is 92.3 Å². The number of carbonyl (C=O) groups is 1.